The van der Waals surface area contributed by atoms with Crippen LogP contribution in [-0.4, -0.2) is 65.7 Å². The van der Waals surface area contributed by atoms with Gasteiger partial charge < -0.3 is 24.4 Å². The fraction of sp³-hybridized carbons (Fsp3) is 0.552. The second kappa shape index (κ2) is 10.4. The number of rotatable bonds is 3. The number of piperidine rings is 2. The van der Waals surface area contributed by atoms with Gasteiger partial charge in [-0.1, -0.05) is 18.6 Å². The van der Waals surface area contributed by atoms with Crippen molar-refractivity contribution in [1.82, 2.24) is 4.90 Å². The van der Waals surface area contributed by atoms with Crippen LogP contribution in [0.15, 0.2) is 36.4 Å². The molecule has 0 radical (unpaired) electrons. The van der Waals surface area contributed by atoms with Gasteiger partial charge in [-0.25, -0.2) is 0 Å². The second-order valence-corrected chi connectivity index (χ2v) is 10.4. The number of nitrogens with zero attached hydrogens (tertiary/aromatic N) is 1. The smallest absolute Gasteiger partial charge is 0.302 e. The molecule has 7 nitrogen and oxygen atoms in total. The molecule has 3 aliphatic rings. The summed E-state index contributed by atoms with van der Waals surface area (Å²) >= 11 is 0. The van der Waals surface area contributed by atoms with Crippen molar-refractivity contribution in [2.24, 2.45) is 0 Å². The van der Waals surface area contributed by atoms with Gasteiger partial charge in [0, 0.05) is 36.2 Å². The summed E-state index contributed by atoms with van der Waals surface area (Å²) in [5.74, 6) is 1.24. The first kappa shape index (κ1) is 25.1. The SMILES string of the molecule is COc1ccc2cc1-c1cc(ccc1OC)[C@H]1C[C@@H](O)[C@H](O)[C@H]3CCC[C@@H](C[C@@H](OC(C)=O)CC2)N13. The van der Waals surface area contributed by atoms with E-state index in [1.807, 2.05) is 12.1 Å². The number of aliphatic hydroxyl groups is 2. The van der Waals surface area contributed by atoms with Crippen molar-refractivity contribution < 1.29 is 29.2 Å². The quantitative estimate of drug-likeness (QED) is 0.622. The zero-order valence-corrected chi connectivity index (χ0v) is 21.4. The van der Waals surface area contributed by atoms with E-state index in [1.165, 1.54) is 6.92 Å². The van der Waals surface area contributed by atoms with E-state index < -0.39 is 12.2 Å². The number of aryl methyl sites for hydroxylation is 1. The number of methoxy groups -OCH3 is 2. The van der Waals surface area contributed by atoms with Crippen LogP contribution < -0.4 is 9.47 Å². The Kier molecular flexibility index (Phi) is 7.24. The molecule has 4 bridgehead atoms. The maximum atomic E-state index is 12.0. The summed E-state index contributed by atoms with van der Waals surface area (Å²) in [6.07, 6.45) is 3.60. The number of carbonyl (C=O) groups excluding carboxylic acids is 1. The van der Waals surface area contributed by atoms with Crippen molar-refractivity contribution in [2.75, 3.05) is 14.2 Å². The standard InChI is InChI=1S/C29H37NO6/c1-17(31)36-21-10-7-18-8-11-27(34-2)22(13-18)23-14-19(9-12-28(23)35-3)25-16-26(32)29(33)24-6-4-5-20(15-21)30(24)25/h8-9,11-14,20-21,24-26,29,32-33H,4-7,10,15-16H2,1-3H3/t20-,21-,24+,25+,26+,29+/m0/s1. The van der Waals surface area contributed by atoms with Gasteiger partial charge in [0.1, 0.15) is 17.6 Å². The Hall–Kier alpha value is -2.61. The Bertz CT molecular complexity index is 1100. The summed E-state index contributed by atoms with van der Waals surface area (Å²) in [7, 11) is 3.34. The summed E-state index contributed by atoms with van der Waals surface area (Å²) in [4.78, 5) is 14.4. The normalized spacial score (nSPS) is 30.1. The monoisotopic (exact) mass is 495 g/mol. The second-order valence-electron chi connectivity index (χ2n) is 10.4. The lowest BCUT2D eigenvalue weighted by Crippen LogP contribution is -2.61. The number of aliphatic hydroxyl groups excluding tert-OH is 2. The summed E-state index contributed by atoms with van der Waals surface area (Å²) in [6.45, 7) is 1.47. The van der Waals surface area contributed by atoms with Crippen LogP contribution >= 0.6 is 0 Å². The molecule has 0 saturated carbocycles. The molecule has 0 unspecified atom stereocenters. The highest BCUT2D eigenvalue weighted by atomic mass is 16.5. The first-order chi connectivity index (χ1) is 17.4. The van der Waals surface area contributed by atoms with Gasteiger partial charge >= 0.3 is 5.97 Å². The minimum atomic E-state index is -0.793. The minimum Gasteiger partial charge on any atom is -0.496 e. The topological polar surface area (TPSA) is 88.5 Å². The van der Waals surface area contributed by atoms with Crippen LogP contribution in [0.25, 0.3) is 11.1 Å². The lowest BCUT2D eigenvalue weighted by molar-refractivity contribution is -0.152. The van der Waals surface area contributed by atoms with Gasteiger partial charge in [0.05, 0.1) is 26.4 Å². The average molecular weight is 496 g/mol. The lowest BCUT2D eigenvalue weighted by Gasteiger charge is -2.53. The molecule has 2 N–H and O–H groups in total. The van der Waals surface area contributed by atoms with Crippen molar-refractivity contribution in [3.63, 3.8) is 0 Å². The molecule has 0 spiro atoms. The van der Waals surface area contributed by atoms with Crippen molar-refractivity contribution in [2.45, 2.75) is 88.3 Å². The summed E-state index contributed by atoms with van der Waals surface area (Å²) < 4.78 is 17.3. The average Bonchev–Trinajstić information content (AvgIpc) is 2.88. The molecule has 7 heteroatoms. The van der Waals surface area contributed by atoms with E-state index in [2.05, 4.69) is 29.2 Å². The van der Waals surface area contributed by atoms with E-state index in [0.717, 1.165) is 59.4 Å². The van der Waals surface area contributed by atoms with Gasteiger partial charge in [-0.15, -0.1) is 0 Å². The van der Waals surface area contributed by atoms with Crippen molar-refractivity contribution in [3.8, 4) is 22.6 Å². The van der Waals surface area contributed by atoms with E-state index in [4.69, 9.17) is 14.2 Å². The highest BCUT2D eigenvalue weighted by Gasteiger charge is 2.47. The predicted molar refractivity (Wildman–Crippen MR) is 136 cm³/mol. The molecule has 0 amide bonds. The predicted octanol–water partition coefficient (Wildman–Crippen LogP) is 4.03. The molecule has 36 heavy (non-hydrogen) atoms. The molecule has 0 aromatic heterocycles. The lowest BCUT2D eigenvalue weighted by atomic mass is 9.78. The number of benzene rings is 2. The third kappa shape index (κ3) is 4.72. The van der Waals surface area contributed by atoms with Crippen LogP contribution in [0.5, 0.6) is 11.5 Å². The van der Waals surface area contributed by atoms with E-state index >= 15 is 0 Å². The molecule has 3 heterocycles. The van der Waals surface area contributed by atoms with Gasteiger partial charge in [0.15, 0.2) is 0 Å². The summed E-state index contributed by atoms with van der Waals surface area (Å²) in [6, 6.07) is 12.3. The molecule has 6 atom stereocenters. The van der Waals surface area contributed by atoms with Crippen LogP contribution in [0.2, 0.25) is 0 Å². The van der Waals surface area contributed by atoms with Crippen molar-refractivity contribution in [3.05, 3.63) is 47.5 Å². The van der Waals surface area contributed by atoms with E-state index in [-0.39, 0.29) is 30.2 Å². The molecule has 0 aliphatic carbocycles. The van der Waals surface area contributed by atoms with Crippen molar-refractivity contribution in [1.29, 1.82) is 0 Å². The summed E-state index contributed by atoms with van der Waals surface area (Å²) in [5, 5.41) is 21.9. The van der Waals surface area contributed by atoms with E-state index in [9.17, 15) is 15.0 Å². The summed E-state index contributed by atoms with van der Waals surface area (Å²) in [5.41, 5.74) is 4.10. The molecule has 5 rings (SSSR count). The largest absolute Gasteiger partial charge is 0.496 e. The number of fused-ring (bicyclic) bond motifs is 6. The van der Waals surface area contributed by atoms with E-state index in [1.54, 1.807) is 14.2 Å². The third-order valence-electron chi connectivity index (χ3n) is 8.24. The Balaban J connectivity index is 1.68. The van der Waals surface area contributed by atoms with Crippen LogP contribution in [0.4, 0.5) is 0 Å². The number of ether oxygens (including phenoxy) is 3. The molecule has 2 saturated heterocycles. The molecule has 2 aromatic rings. The Labute approximate surface area is 213 Å². The van der Waals surface area contributed by atoms with E-state index in [0.29, 0.717) is 19.3 Å². The molecule has 194 valence electrons. The highest BCUT2D eigenvalue weighted by Crippen LogP contribution is 2.46. The zero-order valence-electron chi connectivity index (χ0n) is 21.4. The first-order valence-electron chi connectivity index (χ1n) is 13.1. The van der Waals surface area contributed by atoms with Crippen LogP contribution in [0.3, 0.4) is 0 Å². The van der Waals surface area contributed by atoms with Crippen LogP contribution in [0.1, 0.15) is 62.6 Å². The molecule has 2 fully saturated rings. The van der Waals surface area contributed by atoms with Gasteiger partial charge in [0.25, 0.3) is 0 Å². The number of hydrogen-bond acceptors (Lipinski definition) is 7. The fourth-order valence-corrected chi connectivity index (χ4v) is 6.61. The van der Waals surface area contributed by atoms with Gasteiger partial charge in [0.2, 0.25) is 0 Å². The molecular weight excluding hydrogens is 458 g/mol. The number of hydrogen-bond donors (Lipinski definition) is 2. The number of esters is 1. The highest BCUT2D eigenvalue weighted by molar-refractivity contribution is 5.77. The van der Waals surface area contributed by atoms with Crippen LogP contribution in [0, 0.1) is 0 Å². The zero-order chi connectivity index (χ0) is 25.4. The van der Waals surface area contributed by atoms with Crippen LogP contribution in [-0.2, 0) is 16.0 Å². The Morgan fingerprint density at radius 3 is 2.39 bits per heavy atom. The van der Waals surface area contributed by atoms with Gasteiger partial charge in [-0.3, -0.25) is 9.69 Å². The minimum absolute atomic E-state index is 0.0729. The maximum absolute atomic E-state index is 12.0. The Morgan fingerprint density at radius 1 is 0.944 bits per heavy atom. The number of carbonyl (C=O) groups is 1. The Morgan fingerprint density at radius 2 is 1.67 bits per heavy atom. The first-order valence-corrected chi connectivity index (χ1v) is 13.1. The molecule has 2 aromatic carbocycles. The molecular formula is C29H37NO6. The van der Waals surface area contributed by atoms with Crippen molar-refractivity contribution >= 4 is 5.97 Å². The maximum Gasteiger partial charge on any atom is 0.302 e. The molecule has 3 aliphatic heterocycles. The third-order valence-corrected chi connectivity index (χ3v) is 8.24. The van der Waals surface area contributed by atoms with Gasteiger partial charge in [-0.2, -0.15) is 0 Å². The van der Waals surface area contributed by atoms with Gasteiger partial charge in [-0.05, 0) is 73.9 Å². The fourth-order valence-electron chi connectivity index (χ4n) is 6.61.